The third-order valence-corrected chi connectivity index (χ3v) is 5.93. The predicted molar refractivity (Wildman–Crippen MR) is 121 cm³/mol. The van der Waals surface area contributed by atoms with Crippen molar-refractivity contribution < 1.29 is 12.9 Å². The number of rotatable bonds is 7. The summed E-state index contributed by atoms with van der Waals surface area (Å²) in [6.07, 6.45) is 1.39. The largest absolute Gasteiger partial charge is 0.364 e. The quantitative estimate of drug-likeness (QED) is 0.237. The van der Waals surface area contributed by atoms with Crippen LogP contribution in [0.25, 0.3) is 0 Å². The molecular formula is C17H33IN6O3S. The Bertz CT molecular complexity index is 695. The van der Waals surface area contributed by atoms with Crippen molar-refractivity contribution in [3.8, 4) is 0 Å². The molecular weight excluding hydrogens is 495 g/mol. The van der Waals surface area contributed by atoms with Gasteiger partial charge in [-0.1, -0.05) is 5.16 Å². The van der Waals surface area contributed by atoms with Crippen LogP contribution in [-0.2, 0) is 15.8 Å². The van der Waals surface area contributed by atoms with E-state index in [1.54, 1.807) is 6.07 Å². The summed E-state index contributed by atoms with van der Waals surface area (Å²) in [5.41, 5.74) is 0.496. The number of nitrogens with one attached hydrogen (secondary N) is 2. The van der Waals surface area contributed by atoms with E-state index in [0.717, 1.165) is 19.0 Å². The molecule has 0 spiro atoms. The third-order valence-electron chi connectivity index (χ3n) is 4.12. The summed E-state index contributed by atoms with van der Waals surface area (Å²) in [7, 11) is -3.39. The van der Waals surface area contributed by atoms with Gasteiger partial charge in [-0.05, 0) is 27.7 Å². The molecule has 0 bridgehead atoms. The highest BCUT2D eigenvalue weighted by Crippen LogP contribution is 2.13. The molecule has 0 aliphatic carbocycles. The van der Waals surface area contributed by atoms with Crippen LogP contribution in [0, 0.1) is 0 Å². The summed E-state index contributed by atoms with van der Waals surface area (Å²) in [6.45, 7) is 12.7. The van der Waals surface area contributed by atoms with Crippen molar-refractivity contribution in [3.63, 3.8) is 0 Å². The van der Waals surface area contributed by atoms with Crippen LogP contribution in [-0.4, -0.2) is 80.1 Å². The van der Waals surface area contributed by atoms with Gasteiger partial charge in [0.25, 0.3) is 0 Å². The number of sulfonamides is 1. The zero-order valence-corrected chi connectivity index (χ0v) is 20.3. The van der Waals surface area contributed by atoms with E-state index in [0.29, 0.717) is 38.4 Å². The van der Waals surface area contributed by atoms with Crippen LogP contribution in [0.15, 0.2) is 21.8 Å². The number of hydrogen-bond acceptors (Lipinski definition) is 6. The number of hydrogen-bond donors (Lipinski definition) is 2. The van der Waals surface area contributed by atoms with Gasteiger partial charge in [0.15, 0.2) is 5.96 Å². The highest BCUT2D eigenvalue weighted by molar-refractivity contribution is 14.0. The molecule has 0 saturated carbocycles. The van der Waals surface area contributed by atoms with Crippen LogP contribution >= 0.6 is 24.0 Å². The fourth-order valence-electron chi connectivity index (χ4n) is 2.79. The van der Waals surface area contributed by atoms with Crippen molar-refractivity contribution >= 4 is 40.0 Å². The van der Waals surface area contributed by atoms with Gasteiger partial charge < -0.3 is 20.1 Å². The first-order chi connectivity index (χ1) is 12.7. The molecule has 1 aromatic rings. The maximum absolute atomic E-state index is 12.5. The van der Waals surface area contributed by atoms with Crippen LogP contribution in [0.4, 0.5) is 0 Å². The smallest absolute Gasteiger partial charge is 0.220 e. The highest BCUT2D eigenvalue weighted by atomic mass is 127. The monoisotopic (exact) mass is 528 g/mol. The molecule has 1 fully saturated rings. The molecule has 1 aromatic heterocycles. The third kappa shape index (κ3) is 8.21. The molecule has 1 aliphatic rings. The molecule has 2 N–H and O–H groups in total. The number of halogens is 1. The zero-order valence-electron chi connectivity index (χ0n) is 17.1. The number of nitrogens with zero attached hydrogens (tertiary/aromatic N) is 4. The first-order valence-electron chi connectivity index (χ1n) is 9.36. The van der Waals surface area contributed by atoms with Crippen molar-refractivity contribution in [1.82, 2.24) is 25.0 Å². The fourth-order valence-corrected chi connectivity index (χ4v) is 4.21. The summed E-state index contributed by atoms with van der Waals surface area (Å²) in [6, 6.07) is 1.58. The van der Waals surface area contributed by atoms with E-state index in [1.807, 2.05) is 6.92 Å². The van der Waals surface area contributed by atoms with E-state index in [4.69, 9.17) is 4.52 Å². The lowest BCUT2D eigenvalue weighted by atomic mass is 10.1. The van der Waals surface area contributed by atoms with Crippen molar-refractivity contribution in [2.75, 3.05) is 45.8 Å². The second kappa shape index (κ2) is 11.3. The average molecular weight is 528 g/mol. The summed E-state index contributed by atoms with van der Waals surface area (Å²) in [5, 5.41) is 10.4. The van der Waals surface area contributed by atoms with Gasteiger partial charge in [0.1, 0.15) is 12.0 Å². The lowest BCUT2D eigenvalue weighted by Gasteiger charge is -2.35. The summed E-state index contributed by atoms with van der Waals surface area (Å²) in [4.78, 5) is 6.78. The molecule has 1 aliphatic heterocycles. The molecule has 0 atom stereocenters. The van der Waals surface area contributed by atoms with E-state index < -0.39 is 10.0 Å². The number of guanidine groups is 1. The van der Waals surface area contributed by atoms with E-state index in [1.165, 1.54) is 10.6 Å². The van der Waals surface area contributed by atoms with Crippen molar-refractivity contribution in [3.05, 3.63) is 18.0 Å². The van der Waals surface area contributed by atoms with Gasteiger partial charge in [0.05, 0.1) is 12.2 Å². The van der Waals surface area contributed by atoms with Crippen LogP contribution in [0.2, 0.25) is 0 Å². The molecule has 0 aromatic carbocycles. The fraction of sp³-hybridized carbons (Fsp3) is 0.765. The Balaban J connectivity index is 0.00000392. The standard InChI is InChI=1S/C17H32N6O3S.HI/c1-5-18-16(19-7-8-20-17(2,3)4)22-9-11-23(12-10-22)27(24,25)14-15-6-13-26-21-15;/h6,13,20H,5,7-12,14H2,1-4H3,(H,18,19);1H. The minimum absolute atomic E-state index is 0. The van der Waals surface area contributed by atoms with Crippen molar-refractivity contribution in [2.24, 2.45) is 4.99 Å². The Morgan fingerprint density at radius 2 is 1.96 bits per heavy atom. The molecule has 0 amide bonds. The molecule has 9 nitrogen and oxygen atoms in total. The molecule has 162 valence electrons. The second-order valence-corrected chi connectivity index (χ2v) is 9.51. The first kappa shape index (κ1) is 25.1. The predicted octanol–water partition coefficient (Wildman–Crippen LogP) is 1.09. The van der Waals surface area contributed by atoms with Gasteiger partial charge in [-0.3, -0.25) is 4.99 Å². The van der Waals surface area contributed by atoms with E-state index in [9.17, 15) is 8.42 Å². The van der Waals surface area contributed by atoms with Gasteiger partial charge in [-0.25, -0.2) is 8.42 Å². The number of aromatic nitrogens is 1. The summed E-state index contributed by atoms with van der Waals surface area (Å²) < 4.78 is 31.3. The summed E-state index contributed by atoms with van der Waals surface area (Å²) >= 11 is 0. The zero-order chi connectivity index (χ0) is 19.9. The van der Waals surface area contributed by atoms with Gasteiger partial charge in [-0.15, -0.1) is 24.0 Å². The average Bonchev–Trinajstić information content (AvgIpc) is 3.09. The van der Waals surface area contributed by atoms with Crippen LogP contribution in [0.1, 0.15) is 33.4 Å². The Hall–Kier alpha value is -0.920. The SMILES string of the molecule is CCNC(=NCCNC(C)(C)C)N1CCN(S(=O)(=O)Cc2ccon2)CC1.I. The van der Waals surface area contributed by atoms with Gasteiger partial charge in [0.2, 0.25) is 10.0 Å². The van der Waals surface area contributed by atoms with Crippen molar-refractivity contribution in [1.29, 1.82) is 0 Å². The number of piperazine rings is 1. The first-order valence-corrected chi connectivity index (χ1v) is 11.0. The molecule has 11 heteroatoms. The molecule has 0 unspecified atom stereocenters. The lowest BCUT2D eigenvalue weighted by Crippen LogP contribution is -2.54. The van der Waals surface area contributed by atoms with Crippen LogP contribution < -0.4 is 10.6 Å². The molecule has 2 heterocycles. The van der Waals surface area contributed by atoms with Crippen molar-refractivity contribution in [2.45, 2.75) is 39.0 Å². The Morgan fingerprint density at radius 3 is 2.50 bits per heavy atom. The van der Waals surface area contributed by atoms with Gasteiger partial charge >= 0.3 is 0 Å². The second-order valence-electron chi connectivity index (χ2n) is 7.55. The van der Waals surface area contributed by atoms with Gasteiger partial charge in [-0.2, -0.15) is 4.31 Å². The molecule has 0 radical (unpaired) electrons. The minimum atomic E-state index is -3.39. The normalized spacial score (nSPS) is 16.7. The van der Waals surface area contributed by atoms with Crippen LogP contribution in [0.3, 0.4) is 0 Å². The maximum atomic E-state index is 12.5. The number of aliphatic imine (C=N–C) groups is 1. The topological polar surface area (TPSA) is 103 Å². The van der Waals surface area contributed by atoms with Gasteiger partial charge in [0, 0.05) is 50.9 Å². The summed E-state index contributed by atoms with van der Waals surface area (Å²) in [5.74, 6) is 0.706. The lowest BCUT2D eigenvalue weighted by molar-refractivity contribution is 0.259. The molecule has 2 rings (SSSR count). The molecule has 1 saturated heterocycles. The maximum Gasteiger partial charge on any atom is 0.220 e. The highest BCUT2D eigenvalue weighted by Gasteiger charge is 2.28. The Labute approximate surface area is 185 Å². The van der Waals surface area contributed by atoms with E-state index in [-0.39, 0.29) is 35.3 Å². The van der Waals surface area contributed by atoms with Crippen LogP contribution in [0.5, 0.6) is 0 Å². The minimum Gasteiger partial charge on any atom is -0.364 e. The van der Waals surface area contributed by atoms with E-state index in [2.05, 4.69) is 46.5 Å². The Morgan fingerprint density at radius 1 is 1.29 bits per heavy atom. The Kier molecular flexibility index (Phi) is 10.1. The molecule has 28 heavy (non-hydrogen) atoms. The van der Waals surface area contributed by atoms with E-state index >= 15 is 0 Å².